The van der Waals surface area contributed by atoms with Crippen molar-refractivity contribution in [3.8, 4) is 0 Å². The van der Waals surface area contributed by atoms with Gasteiger partial charge in [-0.1, -0.05) is 64.5 Å². The van der Waals surface area contributed by atoms with E-state index in [2.05, 4.69) is 27.4 Å². The third-order valence-corrected chi connectivity index (χ3v) is 4.42. The van der Waals surface area contributed by atoms with Crippen molar-refractivity contribution < 1.29 is 0 Å². The van der Waals surface area contributed by atoms with Crippen molar-refractivity contribution in [2.45, 2.75) is 72.1 Å². The van der Waals surface area contributed by atoms with Gasteiger partial charge in [0.1, 0.15) is 0 Å². The molecule has 0 nitrogen and oxygen atoms in total. The molecule has 0 spiro atoms. The molecule has 0 aromatic carbocycles. The molecule has 0 amide bonds. The van der Waals surface area contributed by atoms with Crippen LogP contribution < -0.4 is 0 Å². The Morgan fingerprint density at radius 1 is 1.19 bits per heavy atom. The SMILES string of the molecule is C=C(C)C(C(CC)CCC)C1CCCCC1. The largest absolute Gasteiger partial charge is 0.0998 e. The maximum absolute atomic E-state index is 4.28. The summed E-state index contributed by atoms with van der Waals surface area (Å²) in [5.41, 5.74) is 1.45. The van der Waals surface area contributed by atoms with Crippen LogP contribution >= 0.6 is 0 Å². The fraction of sp³-hybridized carbons (Fsp3) is 0.875. The fourth-order valence-corrected chi connectivity index (χ4v) is 3.69. The molecule has 16 heavy (non-hydrogen) atoms. The van der Waals surface area contributed by atoms with Crippen LogP contribution in [0.3, 0.4) is 0 Å². The highest BCUT2D eigenvalue weighted by Gasteiger charge is 2.29. The Balaban J connectivity index is 2.66. The van der Waals surface area contributed by atoms with Crippen LogP contribution in [0.25, 0.3) is 0 Å². The number of allylic oxidation sites excluding steroid dienone is 1. The van der Waals surface area contributed by atoms with Crippen LogP contribution in [0.5, 0.6) is 0 Å². The monoisotopic (exact) mass is 222 g/mol. The highest BCUT2D eigenvalue weighted by atomic mass is 14.3. The van der Waals surface area contributed by atoms with Crippen molar-refractivity contribution in [1.82, 2.24) is 0 Å². The van der Waals surface area contributed by atoms with Crippen LogP contribution in [0.15, 0.2) is 12.2 Å². The number of rotatable bonds is 6. The predicted molar refractivity (Wildman–Crippen MR) is 73.6 cm³/mol. The Labute approximate surface area is 103 Å². The summed E-state index contributed by atoms with van der Waals surface area (Å²) in [6, 6.07) is 0. The van der Waals surface area contributed by atoms with Gasteiger partial charge >= 0.3 is 0 Å². The topological polar surface area (TPSA) is 0 Å². The average Bonchev–Trinajstić information content (AvgIpc) is 2.29. The average molecular weight is 222 g/mol. The van der Waals surface area contributed by atoms with E-state index in [1.54, 1.807) is 0 Å². The molecule has 1 aliphatic rings. The van der Waals surface area contributed by atoms with Crippen molar-refractivity contribution in [3.63, 3.8) is 0 Å². The molecule has 1 fully saturated rings. The maximum Gasteiger partial charge on any atom is -0.0152 e. The zero-order valence-electron chi connectivity index (χ0n) is 11.6. The van der Waals surface area contributed by atoms with Crippen molar-refractivity contribution in [1.29, 1.82) is 0 Å². The second-order valence-electron chi connectivity index (χ2n) is 5.73. The molecular formula is C16H30. The first-order valence-electron chi connectivity index (χ1n) is 7.36. The van der Waals surface area contributed by atoms with Gasteiger partial charge in [-0.25, -0.2) is 0 Å². The molecule has 0 radical (unpaired) electrons. The minimum absolute atomic E-state index is 0.810. The first-order chi connectivity index (χ1) is 7.70. The van der Waals surface area contributed by atoms with Crippen molar-refractivity contribution in [3.05, 3.63) is 12.2 Å². The minimum Gasteiger partial charge on any atom is -0.0998 e. The maximum atomic E-state index is 4.28. The molecule has 94 valence electrons. The number of hydrogen-bond acceptors (Lipinski definition) is 0. The van der Waals surface area contributed by atoms with E-state index in [4.69, 9.17) is 0 Å². The van der Waals surface area contributed by atoms with Crippen LogP contribution in [0, 0.1) is 17.8 Å². The van der Waals surface area contributed by atoms with E-state index in [-0.39, 0.29) is 0 Å². The van der Waals surface area contributed by atoms with Gasteiger partial charge in [0.05, 0.1) is 0 Å². The smallest absolute Gasteiger partial charge is 0.0152 e. The van der Waals surface area contributed by atoms with Gasteiger partial charge in [-0.2, -0.15) is 0 Å². The molecule has 2 unspecified atom stereocenters. The van der Waals surface area contributed by atoms with Crippen LogP contribution in [0.1, 0.15) is 72.1 Å². The Kier molecular flexibility index (Phi) is 6.16. The number of hydrogen-bond donors (Lipinski definition) is 0. The van der Waals surface area contributed by atoms with Gasteiger partial charge in [0.25, 0.3) is 0 Å². The summed E-state index contributed by atoms with van der Waals surface area (Å²) in [5.74, 6) is 2.65. The normalized spacial score (nSPS) is 21.7. The van der Waals surface area contributed by atoms with Gasteiger partial charge < -0.3 is 0 Å². The molecule has 0 heterocycles. The Hall–Kier alpha value is -0.260. The fourth-order valence-electron chi connectivity index (χ4n) is 3.69. The van der Waals surface area contributed by atoms with E-state index >= 15 is 0 Å². The Morgan fingerprint density at radius 2 is 1.81 bits per heavy atom. The summed E-state index contributed by atoms with van der Waals surface area (Å²) in [5, 5.41) is 0. The van der Waals surface area contributed by atoms with Crippen LogP contribution in [0.2, 0.25) is 0 Å². The van der Waals surface area contributed by atoms with E-state index in [9.17, 15) is 0 Å². The molecule has 1 aliphatic carbocycles. The molecule has 0 N–H and O–H groups in total. The zero-order valence-corrected chi connectivity index (χ0v) is 11.6. The summed E-state index contributed by atoms with van der Waals surface area (Å²) < 4.78 is 0. The summed E-state index contributed by atoms with van der Waals surface area (Å²) in [4.78, 5) is 0. The van der Waals surface area contributed by atoms with Crippen LogP contribution in [-0.2, 0) is 0 Å². The molecule has 1 saturated carbocycles. The Bertz CT molecular complexity index is 193. The molecule has 0 saturated heterocycles. The molecule has 1 rings (SSSR count). The van der Waals surface area contributed by atoms with E-state index < -0.39 is 0 Å². The lowest BCUT2D eigenvalue weighted by Gasteiger charge is -2.36. The lowest BCUT2D eigenvalue weighted by molar-refractivity contribution is 0.195. The molecule has 0 aromatic heterocycles. The third-order valence-electron chi connectivity index (χ3n) is 4.42. The standard InChI is InChI=1S/C16H30/c1-5-10-14(6-2)16(13(3)4)15-11-8-7-9-12-15/h14-16H,3,5-12H2,1-2,4H3. The van der Waals surface area contributed by atoms with Gasteiger partial charge in [-0.05, 0) is 37.5 Å². The molecule has 0 aromatic rings. The second-order valence-corrected chi connectivity index (χ2v) is 5.73. The van der Waals surface area contributed by atoms with Gasteiger partial charge in [-0.3, -0.25) is 0 Å². The highest BCUT2D eigenvalue weighted by molar-refractivity contribution is 5.02. The lowest BCUT2D eigenvalue weighted by Crippen LogP contribution is -2.26. The second kappa shape index (κ2) is 7.14. The van der Waals surface area contributed by atoms with E-state index in [0.29, 0.717) is 0 Å². The molecule has 0 aliphatic heterocycles. The Morgan fingerprint density at radius 3 is 2.25 bits per heavy atom. The molecule has 0 heteroatoms. The van der Waals surface area contributed by atoms with Crippen molar-refractivity contribution in [2.75, 3.05) is 0 Å². The predicted octanol–water partition coefficient (Wildman–Crippen LogP) is 5.59. The van der Waals surface area contributed by atoms with Crippen molar-refractivity contribution in [2.24, 2.45) is 17.8 Å². The lowest BCUT2D eigenvalue weighted by atomic mass is 9.69. The van der Waals surface area contributed by atoms with Gasteiger partial charge in [0.2, 0.25) is 0 Å². The highest BCUT2D eigenvalue weighted by Crippen LogP contribution is 2.40. The summed E-state index contributed by atoms with van der Waals surface area (Å²) in [6.07, 6.45) is 11.3. The molecule has 0 bridgehead atoms. The van der Waals surface area contributed by atoms with Crippen LogP contribution in [-0.4, -0.2) is 0 Å². The molecule has 2 atom stereocenters. The van der Waals surface area contributed by atoms with Crippen LogP contribution in [0.4, 0.5) is 0 Å². The first kappa shape index (κ1) is 13.8. The zero-order chi connectivity index (χ0) is 12.0. The summed E-state index contributed by atoms with van der Waals surface area (Å²) in [7, 11) is 0. The van der Waals surface area contributed by atoms with E-state index in [1.165, 1.54) is 56.9 Å². The van der Waals surface area contributed by atoms with Crippen molar-refractivity contribution >= 4 is 0 Å². The van der Waals surface area contributed by atoms with Gasteiger partial charge in [0, 0.05) is 0 Å². The molecular weight excluding hydrogens is 192 g/mol. The first-order valence-corrected chi connectivity index (χ1v) is 7.36. The van der Waals surface area contributed by atoms with Gasteiger partial charge in [0.15, 0.2) is 0 Å². The van der Waals surface area contributed by atoms with E-state index in [0.717, 1.165) is 17.8 Å². The third kappa shape index (κ3) is 3.64. The minimum atomic E-state index is 0.810. The summed E-state index contributed by atoms with van der Waals surface area (Å²) in [6.45, 7) is 11.2. The van der Waals surface area contributed by atoms with E-state index in [1.807, 2.05) is 0 Å². The summed E-state index contributed by atoms with van der Waals surface area (Å²) >= 11 is 0. The van der Waals surface area contributed by atoms with Gasteiger partial charge in [-0.15, -0.1) is 0 Å². The quantitative estimate of drug-likeness (QED) is 0.514.